The van der Waals surface area contributed by atoms with Gasteiger partial charge in [0.25, 0.3) is 0 Å². The topological polar surface area (TPSA) is 90.2 Å². The van der Waals surface area contributed by atoms with E-state index in [0.29, 0.717) is 34.6 Å². The Hall–Kier alpha value is -3.52. The van der Waals surface area contributed by atoms with Crippen LogP contribution in [-0.4, -0.2) is 50.6 Å². The van der Waals surface area contributed by atoms with Crippen LogP contribution in [0.4, 0.5) is 0 Å². The molecule has 0 spiro atoms. The number of benzene rings is 3. The predicted molar refractivity (Wildman–Crippen MR) is 146 cm³/mol. The molecule has 0 aliphatic rings. The van der Waals surface area contributed by atoms with Crippen molar-refractivity contribution in [3.63, 3.8) is 0 Å². The molecule has 4 rings (SSSR count). The van der Waals surface area contributed by atoms with E-state index in [0.717, 1.165) is 24.3 Å². The second-order valence-electron chi connectivity index (χ2n) is 8.32. The fourth-order valence-electron chi connectivity index (χ4n) is 3.91. The van der Waals surface area contributed by atoms with E-state index in [1.165, 1.54) is 5.56 Å². The van der Waals surface area contributed by atoms with Crippen LogP contribution in [0.1, 0.15) is 22.8 Å². The Morgan fingerprint density at radius 3 is 2.46 bits per heavy atom. The van der Waals surface area contributed by atoms with Gasteiger partial charge in [0.2, 0.25) is 0 Å². The molecule has 0 aliphatic carbocycles. The molecule has 0 fully saturated rings. The normalized spacial score (nSPS) is 11.5. The maximum absolute atomic E-state index is 12.8. The van der Waals surface area contributed by atoms with Gasteiger partial charge >= 0.3 is 5.97 Å². The van der Waals surface area contributed by atoms with E-state index in [1.807, 2.05) is 54.6 Å². The van der Waals surface area contributed by atoms with Crippen molar-refractivity contribution in [3.05, 3.63) is 83.9 Å². The lowest BCUT2D eigenvalue weighted by Gasteiger charge is -2.13. The third-order valence-corrected chi connectivity index (χ3v) is 5.75. The van der Waals surface area contributed by atoms with Gasteiger partial charge in [-0.25, -0.2) is 4.79 Å². The Labute approximate surface area is 222 Å². The minimum atomic E-state index is -0.690. The fourth-order valence-corrected chi connectivity index (χ4v) is 3.91. The standard InChI is InChI=1S/C29H31NO6.ClH/c1-3-34-29(32)27-25-17-24(13-14-26(25)36-28(27)21-7-5-4-6-8-21)35-19-22(31)18-30-16-15-20-9-11-23(33-2)12-10-20;/h4-14,17,22,30-31H,3,15-16,18-19H2,1-2H3;1H. The molecule has 7 nitrogen and oxygen atoms in total. The van der Waals surface area contributed by atoms with Crippen LogP contribution in [0.2, 0.25) is 0 Å². The number of aliphatic hydroxyl groups is 1. The minimum Gasteiger partial charge on any atom is -0.497 e. The molecule has 1 aromatic heterocycles. The van der Waals surface area contributed by atoms with E-state index in [9.17, 15) is 9.90 Å². The second-order valence-corrected chi connectivity index (χ2v) is 8.32. The van der Waals surface area contributed by atoms with Gasteiger partial charge < -0.3 is 29.1 Å². The first-order valence-corrected chi connectivity index (χ1v) is 12.0. The molecule has 37 heavy (non-hydrogen) atoms. The highest BCUT2D eigenvalue weighted by atomic mass is 35.5. The number of hydrogen-bond acceptors (Lipinski definition) is 7. The minimum absolute atomic E-state index is 0. The SMILES string of the molecule is CCOC(=O)c1c(-c2ccccc2)oc2ccc(OCC(O)CNCCc3ccc(OC)cc3)cc12.Cl. The van der Waals surface area contributed by atoms with Crippen molar-refractivity contribution in [2.45, 2.75) is 19.4 Å². The zero-order chi connectivity index (χ0) is 25.3. The molecule has 196 valence electrons. The van der Waals surface area contributed by atoms with Gasteiger partial charge in [0.05, 0.1) is 13.7 Å². The Kier molecular flexibility index (Phi) is 10.4. The van der Waals surface area contributed by atoms with E-state index < -0.39 is 12.1 Å². The summed E-state index contributed by atoms with van der Waals surface area (Å²) < 4.78 is 22.3. The van der Waals surface area contributed by atoms with Crippen LogP contribution in [0.15, 0.2) is 77.2 Å². The molecule has 0 saturated carbocycles. The van der Waals surface area contributed by atoms with Gasteiger partial charge in [-0.15, -0.1) is 12.4 Å². The van der Waals surface area contributed by atoms with Gasteiger partial charge in [0, 0.05) is 17.5 Å². The van der Waals surface area contributed by atoms with Crippen LogP contribution in [-0.2, 0) is 11.2 Å². The van der Waals surface area contributed by atoms with E-state index in [1.54, 1.807) is 32.2 Å². The first-order chi connectivity index (χ1) is 17.6. The zero-order valence-corrected chi connectivity index (χ0v) is 21.8. The molecule has 1 atom stereocenters. The molecular weight excluding hydrogens is 494 g/mol. The van der Waals surface area contributed by atoms with Crippen LogP contribution in [0.3, 0.4) is 0 Å². The molecule has 1 unspecified atom stereocenters. The summed E-state index contributed by atoms with van der Waals surface area (Å²) in [6.45, 7) is 3.27. The number of rotatable bonds is 12. The summed E-state index contributed by atoms with van der Waals surface area (Å²) >= 11 is 0. The molecule has 0 amide bonds. The Morgan fingerprint density at radius 2 is 1.76 bits per heavy atom. The highest BCUT2D eigenvalue weighted by Crippen LogP contribution is 2.36. The number of ether oxygens (including phenoxy) is 3. The Morgan fingerprint density at radius 1 is 1.03 bits per heavy atom. The summed E-state index contributed by atoms with van der Waals surface area (Å²) in [6.07, 6.45) is 0.153. The van der Waals surface area contributed by atoms with Crippen molar-refractivity contribution in [1.29, 1.82) is 0 Å². The molecule has 0 bridgehead atoms. The third-order valence-electron chi connectivity index (χ3n) is 5.75. The van der Waals surface area contributed by atoms with Gasteiger partial charge in [-0.1, -0.05) is 42.5 Å². The lowest BCUT2D eigenvalue weighted by molar-refractivity contribution is 0.0528. The smallest absolute Gasteiger partial charge is 0.342 e. The summed E-state index contributed by atoms with van der Waals surface area (Å²) in [5, 5.41) is 14.2. The summed E-state index contributed by atoms with van der Waals surface area (Å²) in [6, 6.07) is 22.7. The molecule has 1 heterocycles. The van der Waals surface area contributed by atoms with Crippen LogP contribution < -0.4 is 14.8 Å². The lowest BCUT2D eigenvalue weighted by atomic mass is 10.1. The summed E-state index contributed by atoms with van der Waals surface area (Å²) in [5.41, 5.74) is 2.90. The van der Waals surface area contributed by atoms with Crippen LogP contribution in [0.25, 0.3) is 22.3 Å². The first kappa shape index (κ1) is 28.1. The number of carbonyl (C=O) groups is 1. The van der Waals surface area contributed by atoms with E-state index >= 15 is 0 Å². The number of furan rings is 1. The molecule has 0 aliphatic heterocycles. The summed E-state index contributed by atoms with van der Waals surface area (Å²) in [4.78, 5) is 12.8. The molecule has 8 heteroatoms. The maximum atomic E-state index is 12.8. The van der Waals surface area contributed by atoms with E-state index in [-0.39, 0.29) is 25.6 Å². The van der Waals surface area contributed by atoms with Crippen molar-refractivity contribution < 1.29 is 28.5 Å². The number of carbonyl (C=O) groups excluding carboxylic acids is 1. The number of esters is 1. The lowest BCUT2D eigenvalue weighted by Crippen LogP contribution is -2.32. The van der Waals surface area contributed by atoms with Crippen molar-refractivity contribution >= 4 is 29.3 Å². The molecule has 0 radical (unpaired) electrons. The van der Waals surface area contributed by atoms with Crippen LogP contribution >= 0.6 is 12.4 Å². The highest BCUT2D eigenvalue weighted by Gasteiger charge is 2.23. The average Bonchev–Trinajstić information content (AvgIpc) is 3.30. The molecule has 0 saturated heterocycles. The van der Waals surface area contributed by atoms with Crippen molar-refractivity contribution in [2.75, 3.05) is 33.4 Å². The number of aliphatic hydroxyl groups excluding tert-OH is 1. The van der Waals surface area contributed by atoms with E-state index in [4.69, 9.17) is 18.6 Å². The van der Waals surface area contributed by atoms with Gasteiger partial charge in [-0.05, 0) is 55.8 Å². The Balaban J connectivity index is 0.00000380. The van der Waals surface area contributed by atoms with Gasteiger partial charge in [-0.2, -0.15) is 0 Å². The average molecular weight is 526 g/mol. The van der Waals surface area contributed by atoms with Crippen molar-refractivity contribution in [2.24, 2.45) is 0 Å². The van der Waals surface area contributed by atoms with E-state index in [2.05, 4.69) is 5.32 Å². The highest BCUT2D eigenvalue weighted by molar-refractivity contribution is 6.09. The first-order valence-electron chi connectivity index (χ1n) is 12.0. The van der Waals surface area contributed by atoms with Gasteiger partial charge in [0.15, 0.2) is 0 Å². The Bertz CT molecular complexity index is 1270. The quantitative estimate of drug-likeness (QED) is 0.192. The van der Waals surface area contributed by atoms with Gasteiger partial charge in [0.1, 0.15) is 41.1 Å². The fraction of sp³-hybridized carbons (Fsp3) is 0.276. The largest absolute Gasteiger partial charge is 0.497 e. The molecule has 4 aromatic rings. The zero-order valence-electron chi connectivity index (χ0n) is 20.9. The monoisotopic (exact) mass is 525 g/mol. The van der Waals surface area contributed by atoms with Crippen LogP contribution in [0.5, 0.6) is 11.5 Å². The predicted octanol–water partition coefficient (Wildman–Crippen LogP) is 5.28. The summed E-state index contributed by atoms with van der Waals surface area (Å²) in [5.74, 6) is 1.37. The number of fused-ring (bicyclic) bond motifs is 1. The summed E-state index contributed by atoms with van der Waals surface area (Å²) in [7, 11) is 1.65. The number of methoxy groups -OCH3 is 1. The molecular formula is C29H32ClNO6. The number of halogens is 1. The van der Waals surface area contributed by atoms with Crippen LogP contribution in [0, 0.1) is 0 Å². The van der Waals surface area contributed by atoms with Crippen molar-refractivity contribution in [1.82, 2.24) is 5.32 Å². The third kappa shape index (κ3) is 7.26. The molecule has 2 N–H and O–H groups in total. The van der Waals surface area contributed by atoms with Gasteiger partial charge in [-0.3, -0.25) is 0 Å². The van der Waals surface area contributed by atoms with Crippen molar-refractivity contribution in [3.8, 4) is 22.8 Å². The number of hydrogen-bond donors (Lipinski definition) is 2. The second kappa shape index (κ2) is 13.7. The maximum Gasteiger partial charge on any atom is 0.342 e. The molecule has 3 aromatic carbocycles. The number of nitrogens with one attached hydrogen (secondary N) is 1.